The van der Waals surface area contributed by atoms with E-state index in [9.17, 15) is 0 Å². The number of hydrogen-bond acceptors (Lipinski definition) is 4. The Morgan fingerprint density at radius 1 is 0.571 bits per heavy atom. The van der Waals surface area contributed by atoms with Crippen LogP contribution in [0.5, 0.6) is 0 Å². The zero-order valence-corrected chi connectivity index (χ0v) is 17.4. The van der Waals surface area contributed by atoms with Crippen molar-refractivity contribution in [1.29, 1.82) is 0 Å². The van der Waals surface area contributed by atoms with Gasteiger partial charge in [0, 0.05) is 21.9 Å². The second-order valence-corrected chi connectivity index (χ2v) is 8.56. The van der Waals surface area contributed by atoms with Gasteiger partial charge in [0.15, 0.2) is 0 Å². The van der Waals surface area contributed by atoms with Crippen LogP contribution in [-0.2, 0) is 0 Å². The molecule has 4 heteroatoms. The number of thiazole rings is 2. The Labute approximate surface area is 173 Å². The van der Waals surface area contributed by atoms with Crippen LogP contribution in [0.1, 0.15) is 10.0 Å². The van der Waals surface area contributed by atoms with E-state index >= 15 is 0 Å². The fourth-order valence-electron chi connectivity index (χ4n) is 2.95. The summed E-state index contributed by atoms with van der Waals surface area (Å²) < 4.78 is 0. The van der Waals surface area contributed by atoms with Crippen molar-refractivity contribution in [2.45, 2.75) is 13.8 Å². The summed E-state index contributed by atoms with van der Waals surface area (Å²) in [6, 6.07) is 25.1. The molecular weight excluding hydrogens is 380 g/mol. The van der Waals surface area contributed by atoms with E-state index in [2.05, 4.69) is 75.3 Å². The maximum absolute atomic E-state index is 4.51. The van der Waals surface area contributed by atoms with E-state index in [1.807, 2.05) is 32.0 Å². The zero-order chi connectivity index (χ0) is 19.3. The van der Waals surface area contributed by atoms with E-state index in [1.165, 1.54) is 21.9 Å². The molecule has 28 heavy (non-hydrogen) atoms. The summed E-state index contributed by atoms with van der Waals surface area (Å²) in [5.41, 5.74) is 4.55. The highest BCUT2D eigenvalue weighted by molar-refractivity contribution is 7.10. The summed E-state index contributed by atoms with van der Waals surface area (Å²) in [5, 5.41) is 8.98. The van der Waals surface area contributed by atoms with Gasteiger partial charge in [-0.25, -0.2) is 9.97 Å². The number of aryl methyl sites for hydroxylation is 2. The minimum absolute atomic E-state index is 1.08. The fraction of sp³-hybridized carbons (Fsp3) is 0.0833. The van der Waals surface area contributed by atoms with Crippen molar-refractivity contribution in [2.24, 2.45) is 0 Å². The quantitative estimate of drug-likeness (QED) is 0.309. The predicted octanol–water partition coefficient (Wildman–Crippen LogP) is 7.39. The molecule has 0 saturated heterocycles. The summed E-state index contributed by atoms with van der Waals surface area (Å²) in [5.74, 6) is 0. The number of benzene rings is 3. The molecule has 0 atom stereocenters. The summed E-state index contributed by atoms with van der Waals surface area (Å²) in [7, 11) is 0. The standard InChI is InChI=1S/C14H11NS.C10H9NS/c1-10-15-14(9-16-10)13-7-6-11-4-2-3-5-12(11)8-13;1-8-11-10(7-12-8)9-5-3-2-4-6-9/h2-9H,1H3;2-7H,1H3. The Morgan fingerprint density at radius 2 is 1.14 bits per heavy atom. The summed E-state index contributed by atoms with van der Waals surface area (Å²) in [4.78, 5) is 8.91. The van der Waals surface area contributed by atoms with Gasteiger partial charge in [-0.05, 0) is 30.7 Å². The molecule has 5 aromatic rings. The zero-order valence-electron chi connectivity index (χ0n) is 15.8. The Kier molecular flexibility index (Phi) is 5.60. The van der Waals surface area contributed by atoms with E-state index in [4.69, 9.17) is 0 Å². The van der Waals surface area contributed by atoms with Gasteiger partial charge in [-0.2, -0.15) is 0 Å². The third-order valence-electron chi connectivity index (χ3n) is 4.35. The largest absolute Gasteiger partial charge is 0.242 e. The van der Waals surface area contributed by atoms with Crippen molar-refractivity contribution in [1.82, 2.24) is 9.97 Å². The Bertz CT molecular complexity index is 1190. The first kappa shape index (κ1) is 18.5. The summed E-state index contributed by atoms with van der Waals surface area (Å²) >= 11 is 3.38. The molecule has 0 fully saturated rings. The monoisotopic (exact) mass is 400 g/mol. The smallest absolute Gasteiger partial charge is 0.0901 e. The first-order valence-corrected chi connectivity index (χ1v) is 10.8. The highest BCUT2D eigenvalue weighted by atomic mass is 32.1. The second kappa shape index (κ2) is 8.46. The van der Waals surface area contributed by atoms with E-state index in [0.717, 1.165) is 21.4 Å². The van der Waals surface area contributed by atoms with Crippen LogP contribution in [0, 0.1) is 13.8 Å². The van der Waals surface area contributed by atoms with Gasteiger partial charge in [0.25, 0.3) is 0 Å². The molecule has 2 aromatic heterocycles. The highest BCUT2D eigenvalue weighted by Crippen LogP contribution is 2.25. The van der Waals surface area contributed by atoms with Gasteiger partial charge in [-0.1, -0.05) is 66.7 Å². The average molecular weight is 401 g/mol. The number of hydrogen-bond donors (Lipinski definition) is 0. The highest BCUT2D eigenvalue weighted by Gasteiger charge is 2.02. The van der Waals surface area contributed by atoms with Gasteiger partial charge in [-0.15, -0.1) is 22.7 Å². The molecule has 0 bridgehead atoms. The van der Waals surface area contributed by atoms with Gasteiger partial charge in [0.2, 0.25) is 0 Å². The number of fused-ring (bicyclic) bond motifs is 1. The normalized spacial score (nSPS) is 10.5. The third kappa shape index (κ3) is 4.35. The molecule has 0 spiro atoms. The molecule has 2 heterocycles. The van der Waals surface area contributed by atoms with Crippen LogP contribution in [0.3, 0.4) is 0 Å². The van der Waals surface area contributed by atoms with Crippen LogP contribution in [0.2, 0.25) is 0 Å². The molecule has 0 amide bonds. The number of rotatable bonds is 2. The van der Waals surface area contributed by atoms with Crippen LogP contribution in [0.25, 0.3) is 33.3 Å². The maximum Gasteiger partial charge on any atom is 0.0901 e. The SMILES string of the molecule is Cc1nc(-c2ccc3ccccc3c2)cs1.Cc1nc(-c2ccccc2)cs1. The lowest BCUT2D eigenvalue weighted by Crippen LogP contribution is -1.79. The van der Waals surface area contributed by atoms with Crippen molar-refractivity contribution in [3.8, 4) is 22.5 Å². The predicted molar refractivity (Wildman–Crippen MR) is 122 cm³/mol. The Balaban J connectivity index is 0.000000143. The molecule has 0 N–H and O–H groups in total. The lowest BCUT2D eigenvalue weighted by atomic mass is 10.1. The van der Waals surface area contributed by atoms with E-state index in [-0.39, 0.29) is 0 Å². The van der Waals surface area contributed by atoms with Crippen LogP contribution in [-0.4, -0.2) is 9.97 Å². The van der Waals surface area contributed by atoms with Crippen molar-refractivity contribution in [3.05, 3.63) is 93.6 Å². The minimum Gasteiger partial charge on any atom is -0.242 e. The van der Waals surface area contributed by atoms with Crippen LogP contribution < -0.4 is 0 Å². The van der Waals surface area contributed by atoms with Gasteiger partial charge >= 0.3 is 0 Å². The molecule has 0 aliphatic rings. The topological polar surface area (TPSA) is 25.8 Å². The fourth-order valence-corrected chi connectivity index (χ4v) is 4.19. The van der Waals surface area contributed by atoms with Crippen molar-refractivity contribution in [3.63, 3.8) is 0 Å². The van der Waals surface area contributed by atoms with Crippen LogP contribution >= 0.6 is 22.7 Å². The van der Waals surface area contributed by atoms with Gasteiger partial charge in [0.1, 0.15) is 0 Å². The molecular formula is C24H20N2S2. The molecule has 0 aliphatic heterocycles. The first-order chi connectivity index (χ1) is 13.7. The van der Waals surface area contributed by atoms with E-state index in [0.29, 0.717) is 0 Å². The maximum atomic E-state index is 4.51. The number of nitrogens with zero attached hydrogens (tertiary/aromatic N) is 2. The lowest BCUT2D eigenvalue weighted by Gasteiger charge is -2.00. The summed E-state index contributed by atoms with van der Waals surface area (Å²) in [6.45, 7) is 4.06. The number of aromatic nitrogens is 2. The molecule has 138 valence electrons. The molecule has 0 unspecified atom stereocenters. The molecule has 0 saturated carbocycles. The molecule has 0 radical (unpaired) electrons. The van der Waals surface area contributed by atoms with Crippen molar-refractivity contribution >= 4 is 33.4 Å². The molecule has 3 aromatic carbocycles. The minimum atomic E-state index is 1.08. The first-order valence-electron chi connectivity index (χ1n) is 9.08. The average Bonchev–Trinajstić information content (AvgIpc) is 3.37. The van der Waals surface area contributed by atoms with Crippen LogP contribution in [0.4, 0.5) is 0 Å². The second-order valence-electron chi connectivity index (χ2n) is 6.43. The van der Waals surface area contributed by atoms with E-state index < -0.39 is 0 Å². The Hall–Kier alpha value is -2.82. The molecule has 5 rings (SSSR count). The van der Waals surface area contributed by atoms with Gasteiger partial charge in [-0.3, -0.25) is 0 Å². The van der Waals surface area contributed by atoms with Gasteiger partial charge < -0.3 is 0 Å². The molecule has 0 aliphatic carbocycles. The van der Waals surface area contributed by atoms with E-state index in [1.54, 1.807) is 22.7 Å². The van der Waals surface area contributed by atoms with Crippen molar-refractivity contribution in [2.75, 3.05) is 0 Å². The summed E-state index contributed by atoms with van der Waals surface area (Å²) in [6.07, 6.45) is 0. The van der Waals surface area contributed by atoms with Crippen molar-refractivity contribution < 1.29 is 0 Å². The third-order valence-corrected chi connectivity index (χ3v) is 5.90. The van der Waals surface area contributed by atoms with Crippen LogP contribution in [0.15, 0.2) is 83.6 Å². The van der Waals surface area contributed by atoms with Gasteiger partial charge in [0.05, 0.1) is 21.4 Å². The molecule has 2 nitrogen and oxygen atoms in total. The Morgan fingerprint density at radius 3 is 1.75 bits per heavy atom. The lowest BCUT2D eigenvalue weighted by molar-refractivity contribution is 1.30.